The standard InChI is InChI=1S/C20H21N3O2/c1-23-12-17(11-21-23)19(16-9-18(24)10-16)22-20(25)15-7-6-13-4-2-3-5-14(13)8-15/h2-8,11-12,16,18-19,24H,9-10H2,1H3,(H,22,25). The lowest BCUT2D eigenvalue weighted by Gasteiger charge is -2.37. The summed E-state index contributed by atoms with van der Waals surface area (Å²) in [5, 5.41) is 19.2. The second kappa shape index (κ2) is 6.33. The van der Waals surface area contributed by atoms with Gasteiger partial charge in [-0.3, -0.25) is 9.48 Å². The first-order valence-corrected chi connectivity index (χ1v) is 8.56. The summed E-state index contributed by atoms with van der Waals surface area (Å²) in [6, 6.07) is 13.6. The molecule has 1 unspecified atom stereocenters. The lowest BCUT2D eigenvalue weighted by molar-refractivity contribution is 0.0235. The average Bonchev–Trinajstić information content (AvgIpc) is 3.03. The molecule has 3 aromatic rings. The lowest BCUT2D eigenvalue weighted by Crippen LogP contribution is -2.41. The van der Waals surface area contributed by atoms with Gasteiger partial charge >= 0.3 is 0 Å². The minimum absolute atomic E-state index is 0.0963. The van der Waals surface area contributed by atoms with Crippen LogP contribution in [0.2, 0.25) is 0 Å². The third kappa shape index (κ3) is 3.15. The van der Waals surface area contributed by atoms with Crippen molar-refractivity contribution >= 4 is 16.7 Å². The summed E-state index contributed by atoms with van der Waals surface area (Å²) in [6.45, 7) is 0. The summed E-state index contributed by atoms with van der Waals surface area (Å²) in [5.41, 5.74) is 1.63. The van der Waals surface area contributed by atoms with Crippen LogP contribution < -0.4 is 5.32 Å². The molecular formula is C20H21N3O2. The minimum atomic E-state index is -0.262. The number of carbonyl (C=O) groups is 1. The monoisotopic (exact) mass is 335 g/mol. The van der Waals surface area contributed by atoms with Crippen molar-refractivity contribution < 1.29 is 9.90 Å². The largest absolute Gasteiger partial charge is 0.393 e. The molecular weight excluding hydrogens is 314 g/mol. The highest BCUT2D eigenvalue weighted by Crippen LogP contribution is 2.38. The zero-order valence-electron chi connectivity index (χ0n) is 14.1. The number of amides is 1. The number of aliphatic hydroxyl groups is 1. The van der Waals surface area contributed by atoms with Crippen LogP contribution in [-0.4, -0.2) is 26.9 Å². The molecule has 1 heterocycles. The molecule has 5 heteroatoms. The van der Waals surface area contributed by atoms with Gasteiger partial charge in [0.15, 0.2) is 0 Å². The molecule has 2 aromatic carbocycles. The third-order valence-electron chi connectivity index (χ3n) is 5.00. The van der Waals surface area contributed by atoms with E-state index in [1.54, 1.807) is 10.9 Å². The first kappa shape index (κ1) is 15.8. The number of rotatable bonds is 4. The maximum absolute atomic E-state index is 12.8. The molecule has 1 fully saturated rings. The first-order chi connectivity index (χ1) is 12.1. The van der Waals surface area contributed by atoms with Crippen molar-refractivity contribution in [3.05, 3.63) is 66.0 Å². The van der Waals surface area contributed by atoms with Crippen LogP contribution in [0.5, 0.6) is 0 Å². The quantitative estimate of drug-likeness (QED) is 0.770. The SMILES string of the molecule is Cn1cc(C(NC(=O)c2ccc3ccccc3c2)C2CC(O)C2)cn1. The normalized spacial score (nSPS) is 20.9. The van der Waals surface area contributed by atoms with Gasteiger partial charge < -0.3 is 10.4 Å². The molecule has 4 rings (SSSR count). The predicted molar refractivity (Wildman–Crippen MR) is 96.1 cm³/mol. The molecule has 0 aliphatic heterocycles. The first-order valence-electron chi connectivity index (χ1n) is 8.56. The second-order valence-corrected chi connectivity index (χ2v) is 6.85. The van der Waals surface area contributed by atoms with Crippen molar-refractivity contribution in [2.45, 2.75) is 25.0 Å². The number of nitrogens with one attached hydrogen (secondary N) is 1. The Morgan fingerprint density at radius 1 is 1.24 bits per heavy atom. The molecule has 1 aliphatic rings. The van der Waals surface area contributed by atoms with E-state index in [1.807, 2.05) is 55.7 Å². The number of fused-ring (bicyclic) bond motifs is 1. The average molecular weight is 335 g/mol. The Morgan fingerprint density at radius 2 is 2.00 bits per heavy atom. The fraction of sp³-hybridized carbons (Fsp3) is 0.300. The van der Waals surface area contributed by atoms with Gasteiger partial charge in [0, 0.05) is 24.4 Å². The topological polar surface area (TPSA) is 67.2 Å². The maximum atomic E-state index is 12.8. The number of aromatic nitrogens is 2. The van der Waals surface area contributed by atoms with E-state index in [1.165, 1.54) is 0 Å². The van der Waals surface area contributed by atoms with Crippen molar-refractivity contribution in [2.75, 3.05) is 0 Å². The van der Waals surface area contributed by atoms with Gasteiger partial charge in [-0.2, -0.15) is 5.10 Å². The molecule has 0 saturated heterocycles. The van der Waals surface area contributed by atoms with E-state index >= 15 is 0 Å². The van der Waals surface area contributed by atoms with Crippen molar-refractivity contribution in [3.63, 3.8) is 0 Å². The van der Waals surface area contributed by atoms with Crippen molar-refractivity contribution in [3.8, 4) is 0 Å². The number of aryl methyl sites for hydroxylation is 1. The summed E-state index contributed by atoms with van der Waals surface area (Å²) in [7, 11) is 1.86. The summed E-state index contributed by atoms with van der Waals surface area (Å²) in [4.78, 5) is 12.8. The highest BCUT2D eigenvalue weighted by atomic mass is 16.3. The van der Waals surface area contributed by atoms with Gasteiger partial charge in [0.25, 0.3) is 5.91 Å². The fourth-order valence-corrected chi connectivity index (χ4v) is 3.53. The molecule has 0 spiro atoms. The van der Waals surface area contributed by atoms with Gasteiger partial charge in [-0.25, -0.2) is 0 Å². The smallest absolute Gasteiger partial charge is 0.251 e. The van der Waals surface area contributed by atoms with Gasteiger partial charge in [0.2, 0.25) is 0 Å². The minimum Gasteiger partial charge on any atom is -0.393 e. The van der Waals surface area contributed by atoms with Crippen LogP contribution in [0.4, 0.5) is 0 Å². The Bertz CT molecular complexity index is 912. The molecule has 1 aliphatic carbocycles. The zero-order valence-corrected chi connectivity index (χ0v) is 14.1. The number of nitrogens with zero attached hydrogens (tertiary/aromatic N) is 2. The Kier molecular flexibility index (Phi) is 4.01. The van der Waals surface area contributed by atoms with Crippen LogP contribution in [0.1, 0.15) is 34.8 Å². The number of benzene rings is 2. The van der Waals surface area contributed by atoms with E-state index < -0.39 is 0 Å². The van der Waals surface area contributed by atoms with E-state index in [0.29, 0.717) is 18.4 Å². The molecule has 25 heavy (non-hydrogen) atoms. The number of carbonyl (C=O) groups excluding carboxylic acids is 1. The van der Waals surface area contributed by atoms with Crippen LogP contribution in [0.15, 0.2) is 54.9 Å². The molecule has 1 amide bonds. The Morgan fingerprint density at radius 3 is 2.68 bits per heavy atom. The molecule has 1 aromatic heterocycles. The molecule has 1 saturated carbocycles. The van der Waals surface area contributed by atoms with Gasteiger partial charge in [0.05, 0.1) is 18.3 Å². The van der Waals surface area contributed by atoms with E-state index in [-0.39, 0.29) is 24.0 Å². The molecule has 0 radical (unpaired) electrons. The molecule has 5 nitrogen and oxygen atoms in total. The summed E-state index contributed by atoms with van der Waals surface area (Å²) >= 11 is 0. The Balaban J connectivity index is 1.58. The highest BCUT2D eigenvalue weighted by molar-refractivity contribution is 5.98. The predicted octanol–water partition coefficient (Wildman–Crippen LogP) is 2.82. The van der Waals surface area contributed by atoms with Crippen LogP contribution >= 0.6 is 0 Å². The maximum Gasteiger partial charge on any atom is 0.251 e. The fourth-order valence-electron chi connectivity index (χ4n) is 3.53. The summed E-state index contributed by atoms with van der Waals surface area (Å²) in [6.07, 6.45) is 4.86. The molecule has 1 atom stereocenters. The lowest BCUT2D eigenvalue weighted by atomic mass is 9.75. The zero-order chi connectivity index (χ0) is 17.4. The number of hydrogen-bond acceptors (Lipinski definition) is 3. The number of aliphatic hydroxyl groups excluding tert-OH is 1. The Labute approximate surface area is 146 Å². The van der Waals surface area contributed by atoms with E-state index in [0.717, 1.165) is 16.3 Å². The van der Waals surface area contributed by atoms with Crippen LogP contribution in [0, 0.1) is 5.92 Å². The molecule has 2 N–H and O–H groups in total. The van der Waals surface area contributed by atoms with Crippen LogP contribution in [0.25, 0.3) is 10.8 Å². The van der Waals surface area contributed by atoms with Gasteiger partial charge in [-0.05, 0) is 41.7 Å². The van der Waals surface area contributed by atoms with Crippen molar-refractivity contribution in [1.82, 2.24) is 15.1 Å². The second-order valence-electron chi connectivity index (χ2n) is 6.85. The Hall–Kier alpha value is -2.66. The van der Waals surface area contributed by atoms with E-state index in [2.05, 4.69) is 10.4 Å². The molecule has 128 valence electrons. The van der Waals surface area contributed by atoms with Crippen molar-refractivity contribution in [2.24, 2.45) is 13.0 Å². The van der Waals surface area contributed by atoms with E-state index in [9.17, 15) is 9.90 Å². The van der Waals surface area contributed by atoms with Gasteiger partial charge in [0.1, 0.15) is 0 Å². The number of hydrogen-bond donors (Lipinski definition) is 2. The van der Waals surface area contributed by atoms with Crippen LogP contribution in [-0.2, 0) is 7.05 Å². The van der Waals surface area contributed by atoms with Crippen molar-refractivity contribution in [1.29, 1.82) is 0 Å². The highest BCUT2D eigenvalue weighted by Gasteiger charge is 2.36. The van der Waals surface area contributed by atoms with Gasteiger partial charge in [-0.15, -0.1) is 0 Å². The van der Waals surface area contributed by atoms with E-state index in [4.69, 9.17) is 0 Å². The van der Waals surface area contributed by atoms with Crippen LogP contribution in [0.3, 0.4) is 0 Å². The van der Waals surface area contributed by atoms with Gasteiger partial charge in [-0.1, -0.05) is 30.3 Å². The molecule has 0 bridgehead atoms. The summed E-state index contributed by atoms with van der Waals surface area (Å²) in [5.74, 6) is 0.143. The summed E-state index contributed by atoms with van der Waals surface area (Å²) < 4.78 is 1.74. The third-order valence-corrected chi connectivity index (χ3v) is 5.00.